The van der Waals surface area contributed by atoms with E-state index in [1.165, 1.54) is 30.6 Å². The Morgan fingerprint density at radius 1 is 1.18 bits per heavy atom. The van der Waals surface area contributed by atoms with Gasteiger partial charge in [-0.2, -0.15) is 9.65 Å². The molecule has 3 heteroatoms. The number of nitrogens with zero attached hydrogens (tertiary/aromatic N) is 1. The van der Waals surface area contributed by atoms with E-state index < -0.39 is 5.83 Å². The second kappa shape index (κ2) is 8.48. The van der Waals surface area contributed by atoms with Gasteiger partial charge in [0.05, 0.1) is 0 Å². The van der Waals surface area contributed by atoms with Gasteiger partial charge in [0.15, 0.2) is 5.83 Å². The Kier molecular flexibility index (Phi) is 6.33. The van der Waals surface area contributed by atoms with Crippen LogP contribution in [0.3, 0.4) is 0 Å². The Morgan fingerprint density at radius 2 is 1.86 bits per heavy atom. The molecule has 0 radical (unpaired) electrons. The minimum Gasteiger partial charge on any atom is -0.207 e. The molecule has 0 spiro atoms. The van der Waals surface area contributed by atoms with E-state index in [4.69, 9.17) is 5.26 Å². The summed E-state index contributed by atoms with van der Waals surface area (Å²) in [4.78, 5) is 0. The molecule has 0 saturated heterocycles. The molecule has 0 N–H and O–H groups in total. The molecule has 1 saturated carbocycles. The Bertz CT molecular complexity index is 558. The average molecular weight is 301 g/mol. The molecule has 0 unspecified atom stereocenters. The zero-order valence-corrected chi connectivity index (χ0v) is 12.6. The van der Waals surface area contributed by atoms with E-state index >= 15 is 0 Å². The van der Waals surface area contributed by atoms with Gasteiger partial charge in [-0.3, -0.25) is 0 Å². The summed E-state index contributed by atoms with van der Waals surface area (Å²) in [5.41, 5.74) is 1.25. The summed E-state index contributed by atoms with van der Waals surface area (Å²) < 4.78 is 25.5. The number of rotatable bonds is 5. The van der Waals surface area contributed by atoms with Crippen LogP contribution in [0.2, 0.25) is 0 Å². The first kappa shape index (κ1) is 16.4. The Hall–Kier alpha value is -1.95. The summed E-state index contributed by atoms with van der Waals surface area (Å²) >= 11 is 0. The molecule has 0 heterocycles. The highest BCUT2D eigenvalue weighted by Crippen LogP contribution is 2.37. The van der Waals surface area contributed by atoms with Crippen LogP contribution in [0.1, 0.15) is 50.0 Å². The second-order valence-corrected chi connectivity index (χ2v) is 5.90. The predicted octanol–water partition coefficient (Wildman–Crippen LogP) is 5.81. The zero-order chi connectivity index (χ0) is 15.8. The highest BCUT2D eigenvalue weighted by molar-refractivity contribution is 5.21. The highest BCUT2D eigenvalue weighted by atomic mass is 19.1. The third-order valence-electron chi connectivity index (χ3n) is 4.42. The minimum absolute atomic E-state index is 0.175. The fourth-order valence-corrected chi connectivity index (χ4v) is 3.14. The Labute approximate surface area is 131 Å². The van der Waals surface area contributed by atoms with Crippen LogP contribution in [0.4, 0.5) is 8.78 Å². The van der Waals surface area contributed by atoms with Crippen molar-refractivity contribution in [2.24, 2.45) is 5.92 Å². The fourth-order valence-electron chi connectivity index (χ4n) is 3.14. The Morgan fingerprint density at radius 3 is 2.50 bits per heavy atom. The first-order chi connectivity index (χ1) is 10.7. The first-order valence-corrected chi connectivity index (χ1v) is 7.87. The normalized spacial score (nSPS) is 22.7. The van der Waals surface area contributed by atoms with Gasteiger partial charge in [-0.25, -0.2) is 4.39 Å². The molecule has 0 bridgehead atoms. The maximum Gasteiger partial charge on any atom is 0.199 e. The van der Waals surface area contributed by atoms with Gasteiger partial charge >= 0.3 is 0 Å². The van der Waals surface area contributed by atoms with Crippen LogP contribution < -0.4 is 0 Å². The van der Waals surface area contributed by atoms with E-state index in [0.717, 1.165) is 25.7 Å². The zero-order valence-electron chi connectivity index (χ0n) is 12.6. The van der Waals surface area contributed by atoms with Gasteiger partial charge in [-0.1, -0.05) is 24.3 Å². The molecule has 22 heavy (non-hydrogen) atoms. The van der Waals surface area contributed by atoms with Crippen LogP contribution in [0.25, 0.3) is 0 Å². The number of hydrogen-bond acceptors (Lipinski definition) is 1. The number of nitriles is 1. The molecule has 2 rings (SSSR count). The lowest BCUT2D eigenvalue weighted by Crippen LogP contribution is -2.13. The van der Waals surface area contributed by atoms with Crippen LogP contribution in [0.5, 0.6) is 0 Å². The summed E-state index contributed by atoms with van der Waals surface area (Å²) in [6, 6.07) is 8.34. The maximum absolute atomic E-state index is 12.9. The van der Waals surface area contributed by atoms with Crippen molar-refractivity contribution in [3.63, 3.8) is 0 Å². The standard InChI is InChI=1S/C19H21F2N/c20-18-12-10-17(11-13-18)16-8-6-15(7-9-16)4-2-1-3-5-19(21)14-22/h1,3,5,10-13,15-16H,2,4,6-9H2/b3-1+,19-5-/t15-,16-. The van der Waals surface area contributed by atoms with Crippen LogP contribution in [0, 0.1) is 23.1 Å². The number of hydrogen-bond donors (Lipinski definition) is 0. The van der Waals surface area contributed by atoms with E-state index in [9.17, 15) is 8.78 Å². The largest absolute Gasteiger partial charge is 0.207 e. The molecule has 0 aromatic heterocycles. The summed E-state index contributed by atoms with van der Waals surface area (Å²) in [6.07, 6.45) is 11.5. The number of allylic oxidation sites excluding steroid dienone is 4. The monoisotopic (exact) mass is 301 g/mol. The van der Waals surface area contributed by atoms with Gasteiger partial charge in [0, 0.05) is 0 Å². The third-order valence-corrected chi connectivity index (χ3v) is 4.42. The van der Waals surface area contributed by atoms with Gasteiger partial charge in [0.25, 0.3) is 0 Å². The summed E-state index contributed by atoms with van der Waals surface area (Å²) in [6.45, 7) is 0. The highest BCUT2D eigenvalue weighted by Gasteiger charge is 2.21. The molecule has 0 amide bonds. The molecule has 116 valence electrons. The molecule has 1 nitrogen and oxygen atoms in total. The van der Waals surface area contributed by atoms with Crippen LogP contribution in [0.15, 0.2) is 48.3 Å². The lowest BCUT2D eigenvalue weighted by atomic mass is 9.77. The van der Waals surface area contributed by atoms with Crippen molar-refractivity contribution in [2.45, 2.75) is 44.4 Å². The minimum atomic E-state index is -0.754. The van der Waals surface area contributed by atoms with Crippen LogP contribution >= 0.6 is 0 Å². The average Bonchev–Trinajstić information content (AvgIpc) is 2.55. The smallest absolute Gasteiger partial charge is 0.199 e. The third kappa shape index (κ3) is 5.11. The molecule has 1 aromatic rings. The molecular weight excluding hydrogens is 280 g/mol. The predicted molar refractivity (Wildman–Crippen MR) is 84.3 cm³/mol. The van der Waals surface area contributed by atoms with E-state index in [0.29, 0.717) is 11.8 Å². The van der Waals surface area contributed by atoms with Crippen LogP contribution in [-0.2, 0) is 0 Å². The summed E-state index contributed by atoms with van der Waals surface area (Å²) in [7, 11) is 0. The number of benzene rings is 1. The molecular formula is C19H21F2N. The fraction of sp³-hybridized carbons (Fsp3) is 0.421. The van der Waals surface area contributed by atoms with Gasteiger partial charge < -0.3 is 0 Å². The van der Waals surface area contributed by atoms with Crippen LogP contribution in [-0.4, -0.2) is 0 Å². The van der Waals surface area contributed by atoms with E-state index in [2.05, 4.69) is 0 Å². The summed E-state index contributed by atoms with van der Waals surface area (Å²) in [5.74, 6) is 0.341. The van der Waals surface area contributed by atoms with Crippen molar-refractivity contribution in [1.29, 1.82) is 5.26 Å². The van der Waals surface area contributed by atoms with Gasteiger partial charge in [-0.05, 0) is 74.1 Å². The van der Waals surface area contributed by atoms with Crippen molar-refractivity contribution < 1.29 is 8.78 Å². The molecule has 1 fully saturated rings. The van der Waals surface area contributed by atoms with Crippen molar-refractivity contribution in [2.75, 3.05) is 0 Å². The lowest BCUT2D eigenvalue weighted by molar-refractivity contribution is 0.312. The summed E-state index contributed by atoms with van der Waals surface area (Å²) in [5, 5.41) is 8.28. The molecule has 1 aromatic carbocycles. The first-order valence-electron chi connectivity index (χ1n) is 7.87. The molecule has 1 aliphatic rings. The number of halogens is 2. The molecule has 1 aliphatic carbocycles. The SMILES string of the molecule is N#C/C(F)=C/C=C/CC[C@H]1CC[C@H](c2ccc(F)cc2)CC1. The second-order valence-electron chi connectivity index (χ2n) is 5.90. The molecule has 0 aliphatic heterocycles. The van der Waals surface area contributed by atoms with E-state index in [1.54, 1.807) is 18.2 Å². The van der Waals surface area contributed by atoms with Gasteiger partial charge in [0.1, 0.15) is 11.9 Å². The van der Waals surface area contributed by atoms with Crippen molar-refractivity contribution in [1.82, 2.24) is 0 Å². The lowest BCUT2D eigenvalue weighted by Gasteiger charge is -2.28. The van der Waals surface area contributed by atoms with Gasteiger partial charge in [-0.15, -0.1) is 0 Å². The van der Waals surface area contributed by atoms with E-state index in [-0.39, 0.29) is 5.82 Å². The topological polar surface area (TPSA) is 23.8 Å². The van der Waals surface area contributed by atoms with Crippen molar-refractivity contribution in [3.8, 4) is 6.07 Å². The quantitative estimate of drug-likeness (QED) is 0.497. The van der Waals surface area contributed by atoms with Crippen molar-refractivity contribution >= 4 is 0 Å². The van der Waals surface area contributed by atoms with Crippen molar-refractivity contribution in [3.05, 3.63) is 59.7 Å². The Balaban J connectivity index is 1.71. The van der Waals surface area contributed by atoms with Gasteiger partial charge in [0.2, 0.25) is 0 Å². The molecule has 0 atom stereocenters. The maximum atomic E-state index is 12.9. The van der Waals surface area contributed by atoms with E-state index in [1.807, 2.05) is 18.2 Å².